The van der Waals surface area contributed by atoms with Gasteiger partial charge in [-0.3, -0.25) is 0 Å². The summed E-state index contributed by atoms with van der Waals surface area (Å²) in [6.07, 6.45) is 3.86. The topological polar surface area (TPSA) is 21.3 Å². The van der Waals surface area contributed by atoms with E-state index in [1.807, 2.05) is 18.2 Å². The van der Waals surface area contributed by atoms with Crippen LogP contribution in [0.5, 0.6) is 5.75 Å². The summed E-state index contributed by atoms with van der Waals surface area (Å²) in [6, 6.07) is 6.34. The Bertz CT molecular complexity index is 461. The van der Waals surface area contributed by atoms with Crippen molar-refractivity contribution in [1.29, 1.82) is 0 Å². The quantitative estimate of drug-likeness (QED) is 0.841. The molecule has 0 amide bonds. The number of halogens is 1. The molecule has 118 valence electrons. The zero-order chi connectivity index (χ0) is 15.4. The van der Waals surface area contributed by atoms with Crippen molar-refractivity contribution >= 4 is 11.6 Å². The van der Waals surface area contributed by atoms with E-state index in [-0.39, 0.29) is 6.10 Å². The Morgan fingerprint density at radius 3 is 2.76 bits per heavy atom. The van der Waals surface area contributed by atoms with Gasteiger partial charge < -0.3 is 10.1 Å². The Morgan fingerprint density at radius 1 is 1.33 bits per heavy atom. The second-order valence-corrected chi connectivity index (χ2v) is 6.98. The van der Waals surface area contributed by atoms with Gasteiger partial charge in [0.25, 0.3) is 0 Å². The summed E-state index contributed by atoms with van der Waals surface area (Å²) in [7, 11) is 0. The average molecular weight is 310 g/mol. The molecule has 21 heavy (non-hydrogen) atoms. The maximum Gasteiger partial charge on any atom is 0.124 e. The van der Waals surface area contributed by atoms with Gasteiger partial charge in [-0.25, -0.2) is 0 Å². The van der Waals surface area contributed by atoms with Crippen LogP contribution < -0.4 is 10.1 Å². The molecule has 3 unspecified atom stereocenters. The molecular weight excluding hydrogens is 282 g/mol. The van der Waals surface area contributed by atoms with E-state index in [0.717, 1.165) is 41.1 Å². The van der Waals surface area contributed by atoms with Gasteiger partial charge in [0.1, 0.15) is 11.9 Å². The van der Waals surface area contributed by atoms with Gasteiger partial charge in [0, 0.05) is 11.1 Å². The summed E-state index contributed by atoms with van der Waals surface area (Å²) in [5, 5.41) is 4.33. The van der Waals surface area contributed by atoms with Crippen LogP contribution in [0.3, 0.4) is 0 Å². The molecule has 0 aromatic heterocycles. The van der Waals surface area contributed by atoms with E-state index in [1.165, 1.54) is 12.8 Å². The number of ether oxygens (including phenoxy) is 1. The zero-order valence-corrected chi connectivity index (χ0v) is 14.4. The molecule has 0 aliphatic heterocycles. The Hall–Kier alpha value is -0.730. The number of likely N-dealkylation sites (N-methyl/N-ethyl adjacent to an activating group) is 1. The van der Waals surface area contributed by atoms with Crippen molar-refractivity contribution in [2.75, 3.05) is 6.54 Å². The fourth-order valence-electron chi connectivity index (χ4n) is 3.26. The molecule has 2 nitrogen and oxygen atoms in total. The van der Waals surface area contributed by atoms with Gasteiger partial charge in [-0.15, -0.1) is 0 Å². The van der Waals surface area contributed by atoms with Crippen LogP contribution in [-0.2, 0) is 0 Å². The summed E-state index contributed by atoms with van der Waals surface area (Å²) >= 11 is 6.12. The van der Waals surface area contributed by atoms with Crippen LogP contribution in [0.4, 0.5) is 0 Å². The molecule has 1 saturated carbocycles. The maximum absolute atomic E-state index is 6.37. The number of rotatable bonds is 5. The molecule has 1 N–H and O–H groups in total. The number of aryl methyl sites for hydroxylation is 1. The largest absolute Gasteiger partial charge is 0.488 e. The smallest absolute Gasteiger partial charge is 0.124 e. The van der Waals surface area contributed by atoms with E-state index in [1.54, 1.807) is 0 Å². The monoisotopic (exact) mass is 309 g/mol. The highest BCUT2D eigenvalue weighted by atomic mass is 35.5. The predicted molar refractivity (Wildman–Crippen MR) is 90.2 cm³/mol. The lowest BCUT2D eigenvalue weighted by molar-refractivity contribution is 0.0720. The van der Waals surface area contributed by atoms with Crippen LogP contribution in [-0.4, -0.2) is 18.7 Å². The molecule has 1 aliphatic carbocycles. The molecule has 1 aliphatic rings. The number of nitrogens with one attached hydrogen (secondary N) is 1. The van der Waals surface area contributed by atoms with Crippen LogP contribution >= 0.6 is 11.6 Å². The Balaban J connectivity index is 2.13. The van der Waals surface area contributed by atoms with Crippen molar-refractivity contribution in [3.8, 4) is 5.75 Å². The van der Waals surface area contributed by atoms with Crippen molar-refractivity contribution < 1.29 is 4.74 Å². The van der Waals surface area contributed by atoms with Gasteiger partial charge in [-0.05, 0) is 62.3 Å². The Morgan fingerprint density at radius 2 is 2.10 bits per heavy atom. The first-order valence-electron chi connectivity index (χ1n) is 8.17. The third-order valence-electron chi connectivity index (χ3n) is 4.67. The summed E-state index contributed by atoms with van der Waals surface area (Å²) in [5.74, 6) is 2.41. The fraction of sp³-hybridized carbons (Fsp3) is 0.667. The van der Waals surface area contributed by atoms with Gasteiger partial charge in [-0.2, -0.15) is 0 Å². The normalized spacial score (nSPS) is 26.1. The van der Waals surface area contributed by atoms with Crippen molar-refractivity contribution in [1.82, 2.24) is 5.32 Å². The van der Waals surface area contributed by atoms with E-state index < -0.39 is 0 Å². The first kappa shape index (κ1) is 16.6. The van der Waals surface area contributed by atoms with Crippen molar-refractivity contribution in [3.05, 3.63) is 28.8 Å². The van der Waals surface area contributed by atoms with Crippen molar-refractivity contribution in [2.45, 2.75) is 59.1 Å². The molecule has 3 atom stereocenters. The van der Waals surface area contributed by atoms with E-state index in [2.05, 4.69) is 33.0 Å². The van der Waals surface area contributed by atoms with Crippen LogP contribution in [0.25, 0.3) is 0 Å². The highest BCUT2D eigenvalue weighted by molar-refractivity contribution is 6.30. The highest BCUT2D eigenvalue weighted by Crippen LogP contribution is 2.34. The minimum absolute atomic E-state index is 0.239. The minimum Gasteiger partial charge on any atom is -0.488 e. The van der Waals surface area contributed by atoms with Crippen LogP contribution in [0.15, 0.2) is 18.2 Å². The first-order valence-corrected chi connectivity index (χ1v) is 8.55. The standard InChI is InChI=1S/C18H28ClNO/c1-5-20-16-9-7-14(12(2)3)10-18(16)21-17-11-15(19)8-6-13(17)4/h6,8,11-12,14,16,18,20H,5,7,9-10H2,1-4H3. The molecular formula is C18H28ClNO. The average Bonchev–Trinajstić information content (AvgIpc) is 2.44. The van der Waals surface area contributed by atoms with Crippen molar-refractivity contribution in [3.63, 3.8) is 0 Å². The lowest BCUT2D eigenvalue weighted by Crippen LogP contribution is -2.47. The molecule has 2 rings (SSSR count). The van der Waals surface area contributed by atoms with Gasteiger partial charge in [-0.1, -0.05) is 38.4 Å². The summed E-state index contributed by atoms with van der Waals surface area (Å²) in [6.45, 7) is 9.87. The molecule has 1 fully saturated rings. The number of hydrogen-bond acceptors (Lipinski definition) is 2. The SMILES string of the molecule is CCNC1CCC(C(C)C)CC1Oc1cc(Cl)ccc1C. The minimum atomic E-state index is 0.239. The van der Waals surface area contributed by atoms with E-state index in [4.69, 9.17) is 16.3 Å². The lowest BCUT2D eigenvalue weighted by atomic mass is 9.78. The molecule has 1 aromatic carbocycles. The molecule has 0 saturated heterocycles. The van der Waals surface area contributed by atoms with Gasteiger partial charge in [0.2, 0.25) is 0 Å². The second-order valence-electron chi connectivity index (χ2n) is 6.55. The zero-order valence-electron chi connectivity index (χ0n) is 13.7. The number of benzene rings is 1. The van der Waals surface area contributed by atoms with Crippen LogP contribution in [0.1, 0.15) is 45.6 Å². The molecule has 3 heteroatoms. The Labute approximate surface area is 134 Å². The van der Waals surface area contributed by atoms with E-state index >= 15 is 0 Å². The van der Waals surface area contributed by atoms with E-state index in [0.29, 0.717) is 6.04 Å². The van der Waals surface area contributed by atoms with E-state index in [9.17, 15) is 0 Å². The Kier molecular flexibility index (Phi) is 5.95. The fourth-order valence-corrected chi connectivity index (χ4v) is 3.42. The molecule has 0 bridgehead atoms. The van der Waals surface area contributed by atoms with Gasteiger partial charge in [0.05, 0.1) is 0 Å². The van der Waals surface area contributed by atoms with Gasteiger partial charge in [0.15, 0.2) is 0 Å². The molecule has 0 spiro atoms. The van der Waals surface area contributed by atoms with Crippen molar-refractivity contribution in [2.24, 2.45) is 11.8 Å². The second kappa shape index (κ2) is 7.51. The molecule has 1 aromatic rings. The summed E-state index contributed by atoms with van der Waals surface area (Å²) in [5.41, 5.74) is 1.15. The third-order valence-corrected chi connectivity index (χ3v) is 4.91. The van der Waals surface area contributed by atoms with Crippen LogP contribution in [0.2, 0.25) is 5.02 Å². The maximum atomic E-state index is 6.37. The van der Waals surface area contributed by atoms with Gasteiger partial charge >= 0.3 is 0 Å². The predicted octanol–water partition coefficient (Wildman–Crippen LogP) is 4.83. The number of hydrogen-bond donors (Lipinski definition) is 1. The molecule has 0 radical (unpaired) electrons. The first-order chi connectivity index (χ1) is 10.0. The molecule has 0 heterocycles. The summed E-state index contributed by atoms with van der Waals surface area (Å²) in [4.78, 5) is 0. The highest BCUT2D eigenvalue weighted by Gasteiger charge is 2.33. The third kappa shape index (κ3) is 4.37. The van der Waals surface area contributed by atoms with Crippen LogP contribution in [0, 0.1) is 18.8 Å². The summed E-state index contributed by atoms with van der Waals surface area (Å²) < 4.78 is 6.37. The lowest BCUT2D eigenvalue weighted by Gasteiger charge is -2.38.